The third-order valence-electron chi connectivity index (χ3n) is 3.04. The van der Waals surface area contributed by atoms with Crippen LogP contribution in [0.5, 0.6) is 0 Å². The van der Waals surface area contributed by atoms with Crippen LogP contribution in [-0.4, -0.2) is 11.4 Å². The van der Waals surface area contributed by atoms with Crippen molar-refractivity contribution in [2.24, 2.45) is 0 Å². The number of hydrogen-bond acceptors (Lipinski definition) is 5. The van der Waals surface area contributed by atoms with E-state index in [2.05, 4.69) is 12.6 Å². The van der Waals surface area contributed by atoms with E-state index >= 15 is 0 Å². The van der Waals surface area contributed by atoms with Crippen molar-refractivity contribution in [3.63, 3.8) is 0 Å². The Bertz CT molecular complexity index is 481. The van der Waals surface area contributed by atoms with Crippen molar-refractivity contribution in [3.8, 4) is 0 Å². The van der Waals surface area contributed by atoms with Gasteiger partial charge in [0.15, 0.2) is 0 Å². The predicted molar refractivity (Wildman–Crippen MR) is 84.2 cm³/mol. The van der Waals surface area contributed by atoms with Gasteiger partial charge < -0.3 is 4.74 Å². The zero-order valence-electron chi connectivity index (χ0n) is 10.8. The van der Waals surface area contributed by atoms with Crippen LogP contribution < -0.4 is 0 Å². The topological polar surface area (TPSA) is 26.3 Å². The summed E-state index contributed by atoms with van der Waals surface area (Å²) >= 11 is 7.34. The van der Waals surface area contributed by atoms with Crippen molar-refractivity contribution in [1.82, 2.24) is 0 Å². The zero-order valence-corrected chi connectivity index (χ0v) is 13.4. The van der Waals surface area contributed by atoms with Crippen LogP contribution in [0.15, 0.2) is 35.0 Å². The summed E-state index contributed by atoms with van der Waals surface area (Å²) in [7, 11) is 0. The lowest BCUT2D eigenvalue weighted by Crippen LogP contribution is -2.37. The number of thiol groups is 1. The summed E-state index contributed by atoms with van der Waals surface area (Å²) in [6.07, 6.45) is 0.674. The van der Waals surface area contributed by atoms with Crippen LogP contribution in [0.1, 0.15) is 30.0 Å². The Labute approximate surface area is 126 Å². The van der Waals surface area contributed by atoms with Crippen molar-refractivity contribution >= 4 is 41.3 Å². The fourth-order valence-corrected chi connectivity index (χ4v) is 4.27. The van der Waals surface area contributed by atoms with E-state index in [0.29, 0.717) is 6.42 Å². The van der Waals surface area contributed by atoms with E-state index in [1.807, 2.05) is 41.9 Å². The molecule has 1 atom stereocenters. The van der Waals surface area contributed by atoms with Crippen LogP contribution in [0, 0.1) is 0 Å². The molecule has 0 aliphatic carbocycles. The molecule has 1 unspecified atom stereocenters. The van der Waals surface area contributed by atoms with Crippen LogP contribution in [0.4, 0.5) is 0 Å². The highest BCUT2D eigenvalue weighted by Gasteiger charge is 2.44. The van der Waals surface area contributed by atoms with Crippen LogP contribution in [0.2, 0.25) is 0 Å². The molecule has 0 aliphatic rings. The summed E-state index contributed by atoms with van der Waals surface area (Å²) in [6.45, 7) is 3.77. The second-order valence-corrected chi connectivity index (χ2v) is 6.84. The van der Waals surface area contributed by atoms with E-state index < -0.39 is 10.9 Å². The van der Waals surface area contributed by atoms with Gasteiger partial charge in [0.2, 0.25) is 0 Å². The Hall–Kier alpha value is -0.780. The minimum absolute atomic E-state index is 0.220. The van der Waals surface area contributed by atoms with Crippen molar-refractivity contribution < 1.29 is 9.53 Å². The Balaban J connectivity index is 2.52. The molecule has 0 saturated carbocycles. The van der Waals surface area contributed by atoms with Gasteiger partial charge in [-0.2, -0.15) is 0 Å². The average molecular weight is 312 g/mol. The molecular formula is C14H16O2S3. The molecular weight excluding hydrogens is 296 g/mol. The van der Waals surface area contributed by atoms with Crippen LogP contribution in [0.3, 0.4) is 0 Å². The number of rotatable bonds is 5. The van der Waals surface area contributed by atoms with E-state index in [-0.39, 0.29) is 5.97 Å². The lowest BCUT2D eigenvalue weighted by molar-refractivity contribution is -0.149. The lowest BCUT2D eigenvalue weighted by Gasteiger charge is -2.29. The SMILES string of the molecule is CCC(C(=O)OC(C)S)(c1cccs1)c1cccs1. The molecule has 102 valence electrons. The van der Waals surface area contributed by atoms with Gasteiger partial charge in [0.25, 0.3) is 0 Å². The molecule has 0 aliphatic heterocycles. The number of esters is 1. The van der Waals surface area contributed by atoms with Gasteiger partial charge in [0, 0.05) is 9.75 Å². The van der Waals surface area contributed by atoms with Gasteiger partial charge in [0.05, 0.1) is 0 Å². The van der Waals surface area contributed by atoms with Crippen LogP contribution in [0.25, 0.3) is 0 Å². The van der Waals surface area contributed by atoms with Crippen molar-refractivity contribution in [2.75, 3.05) is 0 Å². The minimum Gasteiger partial charge on any atom is -0.451 e. The number of hydrogen-bond donors (Lipinski definition) is 1. The predicted octanol–water partition coefficient (Wildman–Crippen LogP) is 4.32. The zero-order chi connectivity index (χ0) is 13.9. The largest absolute Gasteiger partial charge is 0.451 e. The van der Waals surface area contributed by atoms with E-state index in [1.54, 1.807) is 29.6 Å². The van der Waals surface area contributed by atoms with Crippen molar-refractivity contribution in [2.45, 2.75) is 31.1 Å². The maximum atomic E-state index is 12.6. The number of carbonyl (C=O) groups is 1. The molecule has 2 aromatic heterocycles. The summed E-state index contributed by atoms with van der Waals surface area (Å²) in [5.41, 5.74) is -1.10. The maximum absolute atomic E-state index is 12.6. The first-order chi connectivity index (χ1) is 9.11. The maximum Gasteiger partial charge on any atom is 0.323 e. The van der Waals surface area contributed by atoms with Crippen molar-refractivity contribution in [3.05, 3.63) is 44.8 Å². The first-order valence-corrected chi connectivity index (χ1v) is 8.36. The first-order valence-electron chi connectivity index (χ1n) is 6.08. The normalized spacial score (nSPS) is 13.2. The summed E-state index contributed by atoms with van der Waals surface area (Å²) in [6, 6.07) is 7.93. The Morgan fingerprint density at radius 2 is 1.84 bits per heavy atom. The standard InChI is InChI=1S/C14H16O2S3/c1-3-14(11-6-4-8-18-11,12-7-5-9-19-12)13(15)16-10(2)17/h4-10,17H,3H2,1-2H3. The summed E-state index contributed by atoms with van der Waals surface area (Å²) in [5, 5.41) is 3.98. The lowest BCUT2D eigenvalue weighted by atomic mass is 9.82. The van der Waals surface area contributed by atoms with Gasteiger partial charge >= 0.3 is 5.97 Å². The highest BCUT2D eigenvalue weighted by atomic mass is 32.1. The quantitative estimate of drug-likeness (QED) is 0.505. The summed E-state index contributed by atoms with van der Waals surface area (Å²) < 4.78 is 5.39. The molecule has 0 aromatic carbocycles. The Kier molecular flexibility index (Phi) is 4.71. The van der Waals surface area contributed by atoms with E-state index in [9.17, 15) is 4.79 Å². The first kappa shape index (κ1) is 14.6. The second kappa shape index (κ2) is 6.11. The van der Waals surface area contributed by atoms with E-state index in [4.69, 9.17) is 4.74 Å². The third-order valence-corrected chi connectivity index (χ3v) is 5.21. The molecule has 2 heterocycles. The number of ether oxygens (including phenoxy) is 1. The van der Waals surface area contributed by atoms with Gasteiger partial charge in [-0.15, -0.1) is 35.3 Å². The van der Waals surface area contributed by atoms with Crippen molar-refractivity contribution in [1.29, 1.82) is 0 Å². The van der Waals surface area contributed by atoms with Gasteiger partial charge in [0.1, 0.15) is 10.9 Å². The molecule has 2 rings (SSSR count). The number of thiophene rings is 2. The van der Waals surface area contributed by atoms with Gasteiger partial charge in [-0.1, -0.05) is 19.1 Å². The smallest absolute Gasteiger partial charge is 0.323 e. The summed E-state index contributed by atoms with van der Waals surface area (Å²) in [4.78, 5) is 14.7. The molecule has 0 amide bonds. The second-order valence-electron chi connectivity index (χ2n) is 4.22. The Morgan fingerprint density at radius 3 is 2.16 bits per heavy atom. The Morgan fingerprint density at radius 1 is 1.32 bits per heavy atom. The monoisotopic (exact) mass is 312 g/mol. The number of carbonyl (C=O) groups excluding carboxylic acids is 1. The summed E-state index contributed by atoms with van der Waals surface area (Å²) in [5.74, 6) is -0.220. The van der Waals surface area contributed by atoms with Crippen LogP contribution >= 0.6 is 35.3 Å². The molecule has 0 bridgehead atoms. The molecule has 2 nitrogen and oxygen atoms in total. The van der Waals surface area contributed by atoms with Gasteiger partial charge in [-0.3, -0.25) is 4.79 Å². The molecule has 0 N–H and O–H groups in total. The van der Waals surface area contributed by atoms with E-state index in [0.717, 1.165) is 9.75 Å². The highest BCUT2D eigenvalue weighted by molar-refractivity contribution is 7.80. The van der Waals surface area contributed by atoms with Gasteiger partial charge in [-0.05, 0) is 36.2 Å². The molecule has 0 radical (unpaired) electrons. The van der Waals surface area contributed by atoms with Crippen LogP contribution in [-0.2, 0) is 14.9 Å². The van der Waals surface area contributed by atoms with E-state index in [1.165, 1.54) is 0 Å². The molecule has 0 fully saturated rings. The fourth-order valence-electron chi connectivity index (χ4n) is 2.11. The molecule has 0 spiro atoms. The molecule has 5 heteroatoms. The third kappa shape index (κ3) is 2.73. The highest BCUT2D eigenvalue weighted by Crippen LogP contribution is 2.42. The fraction of sp³-hybridized carbons (Fsp3) is 0.357. The molecule has 19 heavy (non-hydrogen) atoms. The van der Waals surface area contributed by atoms with Gasteiger partial charge in [-0.25, -0.2) is 0 Å². The molecule has 2 aromatic rings. The average Bonchev–Trinajstić information content (AvgIpc) is 3.01. The minimum atomic E-state index is -0.695. The molecule has 0 saturated heterocycles.